The summed E-state index contributed by atoms with van der Waals surface area (Å²) in [5, 5.41) is 1.90. The molecule has 0 unspecified atom stereocenters. The maximum absolute atomic E-state index is 13.2. The van der Waals surface area contributed by atoms with Crippen molar-refractivity contribution in [3.63, 3.8) is 0 Å². The van der Waals surface area contributed by atoms with Gasteiger partial charge in [0.15, 0.2) is 0 Å². The van der Waals surface area contributed by atoms with Crippen LogP contribution in [0, 0.1) is 0 Å². The van der Waals surface area contributed by atoms with Crippen LogP contribution in [0.2, 0.25) is 0 Å². The standard InChI is InChI=1S/C27H24N2O3S/c30-27(24-12-10-23(11-13-24)21-6-2-1-3-7-21)28-16-18-29(19-17-28)33(31,32)26-15-14-22-8-4-5-9-25(22)20-26/h1-15,20H,16-19H2. The zero-order chi connectivity index (χ0) is 22.8. The highest BCUT2D eigenvalue weighted by atomic mass is 32.2. The van der Waals surface area contributed by atoms with Crippen molar-refractivity contribution in [1.29, 1.82) is 0 Å². The third-order valence-electron chi connectivity index (χ3n) is 6.12. The Balaban J connectivity index is 1.26. The van der Waals surface area contributed by atoms with Crippen molar-refractivity contribution in [3.05, 3.63) is 103 Å². The van der Waals surface area contributed by atoms with Gasteiger partial charge in [0.2, 0.25) is 10.0 Å². The van der Waals surface area contributed by atoms with Gasteiger partial charge < -0.3 is 4.90 Å². The van der Waals surface area contributed by atoms with Crippen LogP contribution in [0.25, 0.3) is 21.9 Å². The number of carbonyl (C=O) groups excluding carboxylic acids is 1. The largest absolute Gasteiger partial charge is 0.336 e. The average Bonchev–Trinajstić information content (AvgIpc) is 2.88. The summed E-state index contributed by atoms with van der Waals surface area (Å²) in [7, 11) is -3.61. The second-order valence-corrected chi connectivity index (χ2v) is 10.1. The van der Waals surface area contributed by atoms with E-state index in [1.807, 2.05) is 84.9 Å². The minimum Gasteiger partial charge on any atom is -0.336 e. The number of rotatable bonds is 4. The molecule has 1 fully saturated rings. The highest BCUT2D eigenvalue weighted by molar-refractivity contribution is 7.89. The molecule has 1 amide bonds. The van der Waals surface area contributed by atoms with Crippen LogP contribution >= 0.6 is 0 Å². The van der Waals surface area contributed by atoms with E-state index in [2.05, 4.69) is 0 Å². The molecule has 5 rings (SSSR count). The van der Waals surface area contributed by atoms with Gasteiger partial charge in [-0.15, -0.1) is 0 Å². The number of hydrogen-bond donors (Lipinski definition) is 0. The van der Waals surface area contributed by atoms with Crippen molar-refractivity contribution in [2.45, 2.75) is 4.90 Å². The van der Waals surface area contributed by atoms with Crippen molar-refractivity contribution in [1.82, 2.24) is 9.21 Å². The molecule has 4 aromatic rings. The SMILES string of the molecule is O=C(c1ccc(-c2ccccc2)cc1)N1CCN(S(=O)(=O)c2ccc3ccccc3c2)CC1. The maximum Gasteiger partial charge on any atom is 0.253 e. The maximum atomic E-state index is 13.2. The minimum atomic E-state index is -3.61. The molecular formula is C27H24N2O3S. The fraction of sp³-hybridized carbons (Fsp3) is 0.148. The van der Waals surface area contributed by atoms with Crippen molar-refractivity contribution in [2.24, 2.45) is 0 Å². The Bertz CT molecular complexity index is 1390. The van der Waals surface area contributed by atoms with Gasteiger partial charge in [-0.3, -0.25) is 4.79 Å². The first-order valence-corrected chi connectivity index (χ1v) is 12.4. The summed E-state index contributed by atoms with van der Waals surface area (Å²) < 4.78 is 27.8. The fourth-order valence-electron chi connectivity index (χ4n) is 4.23. The summed E-state index contributed by atoms with van der Waals surface area (Å²) in [6.45, 7) is 1.30. The number of sulfonamides is 1. The van der Waals surface area contributed by atoms with E-state index in [0.29, 0.717) is 18.7 Å². The predicted octanol–water partition coefficient (Wildman–Crippen LogP) is 4.65. The first kappa shape index (κ1) is 21.4. The zero-order valence-electron chi connectivity index (χ0n) is 18.1. The second-order valence-electron chi connectivity index (χ2n) is 8.15. The lowest BCUT2D eigenvalue weighted by Gasteiger charge is -2.34. The Morgan fingerprint density at radius 3 is 1.94 bits per heavy atom. The summed E-state index contributed by atoms with van der Waals surface area (Å²) in [4.78, 5) is 15.0. The average molecular weight is 457 g/mol. The number of hydrogen-bond acceptors (Lipinski definition) is 3. The molecule has 1 aliphatic rings. The molecule has 1 heterocycles. The predicted molar refractivity (Wildman–Crippen MR) is 130 cm³/mol. The Kier molecular flexibility index (Phi) is 5.70. The lowest BCUT2D eigenvalue weighted by molar-refractivity contribution is 0.0698. The third kappa shape index (κ3) is 4.27. The van der Waals surface area contributed by atoms with Crippen molar-refractivity contribution in [2.75, 3.05) is 26.2 Å². The molecule has 0 saturated carbocycles. The Morgan fingerprint density at radius 2 is 1.24 bits per heavy atom. The Hall–Kier alpha value is -3.48. The highest BCUT2D eigenvalue weighted by Gasteiger charge is 2.30. The van der Waals surface area contributed by atoms with E-state index in [9.17, 15) is 13.2 Å². The van der Waals surface area contributed by atoms with E-state index in [4.69, 9.17) is 0 Å². The zero-order valence-corrected chi connectivity index (χ0v) is 18.9. The molecular weight excluding hydrogens is 432 g/mol. The van der Waals surface area contributed by atoms with Gasteiger partial charge in [0, 0.05) is 31.7 Å². The molecule has 0 atom stereocenters. The van der Waals surface area contributed by atoms with Gasteiger partial charge in [-0.05, 0) is 46.2 Å². The van der Waals surface area contributed by atoms with E-state index in [1.54, 1.807) is 17.0 Å². The van der Waals surface area contributed by atoms with Gasteiger partial charge in [-0.1, -0.05) is 72.8 Å². The third-order valence-corrected chi connectivity index (χ3v) is 8.02. The van der Waals surface area contributed by atoms with Crippen LogP contribution in [-0.4, -0.2) is 49.7 Å². The van der Waals surface area contributed by atoms with Gasteiger partial charge in [0.1, 0.15) is 0 Å². The van der Waals surface area contributed by atoms with Crippen LogP contribution in [0.1, 0.15) is 10.4 Å². The van der Waals surface area contributed by atoms with Gasteiger partial charge in [0.05, 0.1) is 4.90 Å². The number of piperazine rings is 1. The monoisotopic (exact) mass is 456 g/mol. The van der Waals surface area contributed by atoms with E-state index in [0.717, 1.165) is 21.9 Å². The Labute approximate surface area is 193 Å². The summed E-state index contributed by atoms with van der Waals surface area (Å²) in [5.41, 5.74) is 2.77. The van der Waals surface area contributed by atoms with Crippen LogP contribution in [0.5, 0.6) is 0 Å². The first-order chi connectivity index (χ1) is 16.0. The molecule has 0 bridgehead atoms. The normalized spacial score (nSPS) is 15.0. The van der Waals surface area contributed by atoms with Gasteiger partial charge >= 0.3 is 0 Å². The van der Waals surface area contributed by atoms with E-state index in [-0.39, 0.29) is 23.9 Å². The minimum absolute atomic E-state index is 0.0719. The van der Waals surface area contributed by atoms with Crippen LogP contribution in [0.4, 0.5) is 0 Å². The molecule has 0 N–H and O–H groups in total. The summed E-state index contributed by atoms with van der Waals surface area (Å²) in [6, 6.07) is 30.5. The van der Waals surface area contributed by atoms with E-state index >= 15 is 0 Å². The van der Waals surface area contributed by atoms with E-state index < -0.39 is 10.0 Å². The molecule has 0 radical (unpaired) electrons. The smallest absolute Gasteiger partial charge is 0.253 e. The number of benzene rings is 4. The molecule has 33 heavy (non-hydrogen) atoms. The lowest BCUT2D eigenvalue weighted by atomic mass is 10.0. The summed E-state index contributed by atoms with van der Waals surface area (Å²) in [6.07, 6.45) is 0. The molecule has 0 aliphatic carbocycles. The first-order valence-electron chi connectivity index (χ1n) is 11.0. The number of carbonyl (C=O) groups is 1. The van der Waals surface area contributed by atoms with Gasteiger partial charge in [0.25, 0.3) is 5.91 Å². The second kappa shape index (κ2) is 8.81. The molecule has 1 saturated heterocycles. The molecule has 0 aromatic heterocycles. The fourth-order valence-corrected chi connectivity index (χ4v) is 5.68. The van der Waals surface area contributed by atoms with E-state index in [1.165, 1.54) is 4.31 Å². The van der Waals surface area contributed by atoms with Crippen molar-refractivity contribution < 1.29 is 13.2 Å². The number of fused-ring (bicyclic) bond motifs is 1. The summed E-state index contributed by atoms with van der Waals surface area (Å²) >= 11 is 0. The van der Waals surface area contributed by atoms with Crippen LogP contribution in [0.3, 0.4) is 0 Å². The molecule has 6 heteroatoms. The summed E-state index contributed by atoms with van der Waals surface area (Å²) in [5.74, 6) is -0.0719. The molecule has 5 nitrogen and oxygen atoms in total. The molecule has 166 valence electrons. The van der Waals surface area contributed by atoms with Crippen molar-refractivity contribution >= 4 is 26.7 Å². The topological polar surface area (TPSA) is 57.7 Å². The lowest BCUT2D eigenvalue weighted by Crippen LogP contribution is -2.50. The van der Waals surface area contributed by atoms with Crippen LogP contribution < -0.4 is 0 Å². The van der Waals surface area contributed by atoms with Crippen LogP contribution in [-0.2, 0) is 10.0 Å². The van der Waals surface area contributed by atoms with Crippen LogP contribution in [0.15, 0.2) is 102 Å². The van der Waals surface area contributed by atoms with Gasteiger partial charge in [-0.2, -0.15) is 4.31 Å². The number of nitrogens with zero attached hydrogens (tertiary/aromatic N) is 2. The molecule has 1 aliphatic heterocycles. The van der Waals surface area contributed by atoms with Crippen molar-refractivity contribution in [3.8, 4) is 11.1 Å². The van der Waals surface area contributed by atoms with Gasteiger partial charge in [-0.25, -0.2) is 8.42 Å². The molecule has 0 spiro atoms. The quantitative estimate of drug-likeness (QED) is 0.449. The highest BCUT2D eigenvalue weighted by Crippen LogP contribution is 2.24. The molecule has 4 aromatic carbocycles. The Morgan fingerprint density at radius 1 is 0.636 bits per heavy atom. The number of amides is 1.